The Labute approximate surface area is 166 Å². The van der Waals surface area contributed by atoms with Crippen LogP contribution < -0.4 is 4.74 Å². The van der Waals surface area contributed by atoms with Gasteiger partial charge < -0.3 is 14.9 Å². The lowest BCUT2D eigenvalue weighted by molar-refractivity contribution is -0.195. The number of phenolic OH excluding ortho intramolecular Hbond substituents is 2. The van der Waals surface area contributed by atoms with E-state index in [1.54, 1.807) is 0 Å². The Kier molecular flexibility index (Phi) is 4.29. The average Bonchev–Trinajstić information content (AvgIpc) is 2.61. The first-order valence-corrected chi connectivity index (χ1v) is 10.4. The van der Waals surface area contributed by atoms with Gasteiger partial charge in [-0.05, 0) is 49.4 Å². The molecular formula is C23H30O5. The SMILES string of the molecule is CC(C)CC(=O)c1c(O)c(C=O)c(O)c2c1OC1(CC2)CCC2CC1C2(C)C. The van der Waals surface area contributed by atoms with E-state index >= 15 is 0 Å². The molecule has 3 unspecified atom stereocenters. The highest BCUT2D eigenvalue weighted by Crippen LogP contribution is 2.66. The molecule has 3 saturated carbocycles. The molecule has 0 saturated heterocycles. The highest BCUT2D eigenvalue weighted by atomic mass is 16.5. The highest BCUT2D eigenvalue weighted by molar-refractivity contribution is 6.05. The van der Waals surface area contributed by atoms with Crippen LogP contribution in [0.5, 0.6) is 17.2 Å². The molecule has 2 bridgehead atoms. The average molecular weight is 386 g/mol. The van der Waals surface area contributed by atoms with Gasteiger partial charge in [0.15, 0.2) is 12.1 Å². The minimum Gasteiger partial charge on any atom is -0.507 e. The summed E-state index contributed by atoms with van der Waals surface area (Å²) in [7, 11) is 0. The summed E-state index contributed by atoms with van der Waals surface area (Å²) in [6, 6.07) is 0. The van der Waals surface area contributed by atoms with Gasteiger partial charge in [0.25, 0.3) is 0 Å². The van der Waals surface area contributed by atoms with Crippen LogP contribution in [0.2, 0.25) is 0 Å². The van der Waals surface area contributed by atoms with Gasteiger partial charge in [-0.1, -0.05) is 27.7 Å². The topological polar surface area (TPSA) is 83.8 Å². The number of carbonyl (C=O) groups is 2. The van der Waals surface area contributed by atoms with Gasteiger partial charge in [0, 0.05) is 17.9 Å². The summed E-state index contributed by atoms with van der Waals surface area (Å²) < 4.78 is 6.58. The maximum Gasteiger partial charge on any atom is 0.170 e. The quantitative estimate of drug-likeness (QED) is 0.581. The molecule has 3 atom stereocenters. The summed E-state index contributed by atoms with van der Waals surface area (Å²) in [5.74, 6) is 0.582. The Morgan fingerprint density at radius 1 is 1.25 bits per heavy atom. The van der Waals surface area contributed by atoms with Crippen LogP contribution in [0.25, 0.3) is 0 Å². The summed E-state index contributed by atoms with van der Waals surface area (Å²) in [5.41, 5.74) is 0.182. The van der Waals surface area contributed by atoms with Crippen molar-refractivity contribution < 1.29 is 24.5 Å². The normalized spacial score (nSPS) is 29.8. The molecule has 0 radical (unpaired) electrons. The van der Waals surface area contributed by atoms with Crippen LogP contribution >= 0.6 is 0 Å². The molecule has 4 aliphatic rings. The van der Waals surface area contributed by atoms with Gasteiger partial charge in [-0.2, -0.15) is 0 Å². The third-order valence-corrected chi connectivity index (χ3v) is 7.65. The highest BCUT2D eigenvalue weighted by Gasteiger charge is 2.63. The number of aromatic hydroxyl groups is 2. The number of ether oxygens (including phenoxy) is 1. The summed E-state index contributed by atoms with van der Waals surface area (Å²) in [4.78, 5) is 24.5. The fraction of sp³-hybridized carbons (Fsp3) is 0.652. The maximum atomic E-state index is 13.0. The van der Waals surface area contributed by atoms with Crippen LogP contribution in [0.4, 0.5) is 0 Å². The molecule has 28 heavy (non-hydrogen) atoms. The monoisotopic (exact) mass is 386 g/mol. The van der Waals surface area contributed by atoms with Crippen molar-refractivity contribution in [1.29, 1.82) is 0 Å². The van der Waals surface area contributed by atoms with Gasteiger partial charge in [0.05, 0.1) is 5.56 Å². The second-order valence-corrected chi connectivity index (χ2v) is 9.94. The second kappa shape index (κ2) is 6.23. The maximum absolute atomic E-state index is 13.0. The van der Waals surface area contributed by atoms with Gasteiger partial charge in [-0.25, -0.2) is 0 Å². The number of Topliss-reactive ketones (excluding diaryl/α,β-unsaturated/α-hetero) is 1. The van der Waals surface area contributed by atoms with Gasteiger partial charge >= 0.3 is 0 Å². The Morgan fingerprint density at radius 2 is 1.96 bits per heavy atom. The zero-order valence-corrected chi connectivity index (χ0v) is 17.2. The molecule has 5 rings (SSSR count). The number of hydrogen-bond donors (Lipinski definition) is 2. The zero-order valence-electron chi connectivity index (χ0n) is 17.2. The molecule has 1 aliphatic heterocycles. The lowest BCUT2D eigenvalue weighted by atomic mass is 9.43. The first-order chi connectivity index (χ1) is 13.1. The van der Waals surface area contributed by atoms with Crippen molar-refractivity contribution in [1.82, 2.24) is 0 Å². The molecule has 0 amide bonds. The molecule has 5 heteroatoms. The van der Waals surface area contributed by atoms with Crippen molar-refractivity contribution in [2.24, 2.45) is 23.2 Å². The Balaban J connectivity index is 1.84. The number of benzene rings is 1. The Bertz CT molecular complexity index is 851. The van der Waals surface area contributed by atoms with Crippen LogP contribution in [0.1, 0.15) is 86.1 Å². The minimum atomic E-state index is -0.449. The number of aldehydes is 1. The Morgan fingerprint density at radius 3 is 2.54 bits per heavy atom. The van der Waals surface area contributed by atoms with Gasteiger partial charge in [-0.15, -0.1) is 0 Å². The molecule has 1 aromatic carbocycles. The standard InChI is InChI=1S/C23H30O5/c1-12(2)9-16(25)18-20(27)15(11-24)19(26)14-6-8-23(28-21(14)18)7-5-13-10-17(23)22(13,3)4/h11-13,17,26-27H,5-10H2,1-4H3. The number of ketones is 1. The lowest BCUT2D eigenvalue weighted by Crippen LogP contribution is -2.64. The van der Waals surface area contributed by atoms with Crippen molar-refractivity contribution >= 4 is 12.1 Å². The van der Waals surface area contributed by atoms with E-state index in [1.807, 2.05) is 13.8 Å². The first-order valence-electron chi connectivity index (χ1n) is 10.4. The molecule has 1 heterocycles. The molecule has 0 aromatic heterocycles. The van der Waals surface area contributed by atoms with E-state index in [0.717, 1.165) is 31.6 Å². The predicted molar refractivity (Wildman–Crippen MR) is 105 cm³/mol. The fourth-order valence-electron chi connectivity index (χ4n) is 5.97. The Hall–Kier alpha value is -2.04. The van der Waals surface area contributed by atoms with Crippen molar-refractivity contribution in [2.75, 3.05) is 0 Å². The minimum absolute atomic E-state index is 0.0712. The number of fused-ring (bicyclic) bond motifs is 2. The largest absolute Gasteiger partial charge is 0.507 e. The van der Waals surface area contributed by atoms with Crippen molar-refractivity contribution in [3.05, 3.63) is 16.7 Å². The molecule has 152 valence electrons. The summed E-state index contributed by atoms with van der Waals surface area (Å²) in [6.45, 7) is 8.45. The summed E-state index contributed by atoms with van der Waals surface area (Å²) in [5, 5.41) is 21.3. The molecule has 5 nitrogen and oxygen atoms in total. The molecule has 3 aliphatic carbocycles. The van der Waals surface area contributed by atoms with E-state index in [9.17, 15) is 19.8 Å². The molecule has 3 fully saturated rings. The third-order valence-electron chi connectivity index (χ3n) is 7.65. The van der Waals surface area contributed by atoms with E-state index < -0.39 is 5.75 Å². The number of phenols is 2. The van der Waals surface area contributed by atoms with E-state index in [4.69, 9.17) is 4.74 Å². The molecule has 1 aromatic rings. The third kappa shape index (κ3) is 2.51. The predicted octanol–water partition coefficient (Wildman–Crippen LogP) is 4.66. The van der Waals surface area contributed by atoms with Crippen LogP contribution in [-0.2, 0) is 6.42 Å². The van der Waals surface area contributed by atoms with Crippen molar-refractivity contribution in [3.8, 4) is 17.2 Å². The number of carbonyl (C=O) groups excluding carboxylic acids is 2. The van der Waals surface area contributed by atoms with Crippen LogP contribution in [0.15, 0.2) is 0 Å². The second-order valence-electron chi connectivity index (χ2n) is 9.94. The van der Waals surface area contributed by atoms with E-state index in [1.165, 1.54) is 0 Å². The first kappa shape index (κ1) is 19.3. The van der Waals surface area contributed by atoms with Crippen LogP contribution in [0, 0.1) is 23.2 Å². The number of rotatable bonds is 4. The van der Waals surface area contributed by atoms with E-state index in [0.29, 0.717) is 29.9 Å². The fourth-order valence-corrected chi connectivity index (χ4v) is 5.97. The van der Waals surface area contributed by atoms with Crippen LogP contribution in [-0.4, -0.2) is 27.9 Å². The van der Waals surface area contributed by atoms with E-state index in [-0.39, 0.29) is 46.0 Å². The van der Waals surface area contributed by atoms with Gasteiger partial charge in [0.2, 0.25) is 0 Å². The molecular weight excluding hydrogens is 356 g/mol. The van der Waals surface area contributed by atoms with Gasteiger partial charge in [-0.3, -0.25) is 9.59 Å². The summed E-state index contributed by atoms with van der Waals surface area (Å²) >= 11 is 0. The van der Waals surface area contributed by atoms with Crippen LogP contribution in [0.3, 0.4) is 0 Å². The molecule has 2 N–H and O–H groups in total. The smallest absolute Gasteiger partial charge is 0.170 e. The molecule has 1 spiro atoms. The van der Waals surface area contributed by atoms with Crippen molar-refractivity contribution in [2.45, 2.75) is 71.8 Å². The zero-order chi connectivity index (χ0) is 20.4. The van der Waals surface area contributed by atoms with Crippen molar-refractivity contribution in [3.63, 3.8) is 0 Å². The number of hydrogen-bond acceptors (Lipinski definition) is 5. The summed E-state index contributed by atoms with van der Waals surface area (Å²) in [6.07, 6.45) is 5.12. The van der Waals surface area contributed by atoms with E-state index in [2.05, 4.69) is 13.8 Å². The van der Waals surface area contributed by atoms with Gasteiger partial charge in [0.1, 0.15) is 28.4 Å². The lowest BCUT2D eigenvalue weighted by Gasteiger charge is -2.65.